The first-order valence-electron chi connectivity index (χ1n) is 13.0. The largest absolute Gasteiger partial charge is 0.478 e. The second-order valence-corrected chi connectivity index (χ2v) is 6.90. The molecule has 3 aromatic carbocycles. The van der Waals surface area contributed by atoms with Crippen LogP contribution in [0.15, 0.2) is 72.8 Å². The molecule has 0 atom stereocenters. The van der Waals surface area contributed by atoms with Gasteiger partial charge in [-0.1, -0.05) is 90.1 Å². The van der Waals surface area contributed by atoms with Gasteiger partial charge in [-0.15, -0.1) is 0 Å². The minimum atomic E-state index is -0.344. The second kappa shape index (κ2) is 18.4. The summed E-state index contributed by atoms with van der Waals surface area (Å²) in [5, 5.41) is 2.80. The highest BCUT2D eigenvalue weighted by Gasteiger charge is 2.16. The Kier molecular flexibility index (Phi) is 15.5. The van der Waals surface area contributed by atoms with Crippen molar-refractivity contribution in [3.8, 4) is 17.2 Å². The van der Waals surface area contributed by atoms with E-state index in [1.165, 1.54) is 5.56 Å². The average molecular weight is 509 g/mol. The maximum Gasteiger partial charge on any atom is 0.349 e. The molecule has 0 aromatic heterocycles. The van der Waals surface area contributed by atoms with Gasteiger partial charge in [0.05, 0.1) is 6.54 Å². The van der Waals surface area contributed by atoms with Crippen molar-refractivity contribution in [1.82, 2.24) is 10.8 Å². The molecule has 37 heavy (non-hydrogen) atoms. The van der Waals surface area contributed by atoms with Crippen molar-refractivity contribution in [2.75, 3.05) is 13.2 Å². The Hall–Kier alpha value is -3.84. The fourth-order valence-corrected chi connectivity index (χ4v) is 3.25. The molecule has 7 heteroatoms. The molecule has 0 unspecified atom stereocenters. The number of nitrogens with one attached hydrogen (secondary N) is 2. The lowest BCUT2D eigenvalue weighted by molar-refractivity contribution is -0.138. The van der Waals surface area contributed by atoms with Crippen LogP contribution in [0.4, 0.5) is 0 Å². The van der Waals surface area contributed by atoms with Gasteiger partial charge in [0.1, 0.15) is 0 Å². The van der Waals surface area contributed by atoms with E-state index < -0.39 is 0 Å². The van der Waals surface area contributed by atoms with Crippen LogP contribution in [-0.2, 0) is 17.8 Å². The number of esters is 1. The number of hydrogen-bond donors (Lipinski definition) is 2. The van der Waals surface area contributed by atoms with Gasteiger partial charge in [0.2, 0.25) is 0 Å². The third-order valence-corrected chi connectivity index (χ3v) is 4.78. The van der Waals surface area contributed by atoms with Gasteiger partial charge in [-0.05, 0) is 36.2 Å². The van der Waals surface area contributed by atoms with Crippen LogP contribution in [0.3, 0.4) is 0 Å². The Morgan fingerprint density at radius 3 is 1.89 bits per heavy atom. The molecule has 0 spiro atoms. The Labute approximate surface area is 221 Å². The first-order chi connectivity index (χ1) is 18.2. The number of para-hydroxylation sites is 3. The van der Waals surface area contributed by atoms with Gasteiger partial charge in [-0.25, -0.2) is 4.79 Å². The van der Waals surface area contributed by atoms with Crippen molar-refractivity contribution < 1.29 is 23.9 Å². The van der Waals surface area contributed by atoms with Gasteiger partial charge in [0.25, 0.3) is 5.91 Å². The van der Waals surface area contributed by atoms with E-state index in [0.717, 1.165) is 36.4 Å². The lowest BCUT2D eigenvalue weighted by Gasteiger charge is -2.15. The molecule has 1 amide bonds. The maximum atomic E-state index is 11.2. The number of hydrogen-bond acceptors (Lipinski definition) is 6. The summed E-state index contributed by atoms with van der Waals surface area (Å²) in [6, 6.07) is 22.8. The molecule has 3 heterocycles. The molecule has 3 aromatic rings. The van der Waals surface area contributed by atoms with Crippen molar-refractivity contribution in [1.29, 1.82) is 0 Å². The van der Waals surface area contributed by atoms with Gasteiger partial charge < -0.3 is 19.6 Å². The third kappa shape index (κ3) is 9.97. The Bertz CT molecular complexity index is 1060. The summed E-state index contributed by atoms with van der Waals surface area (Å²) in [5.41, 5.74) is 6.02. The summed E-state index contributed by atoms with van der Waals surface area (Å²) in [6.45, 7) is 13.6. The van der Waals surface area contributed by atoms with Gasteiger partial charge in [0.15, 0.2) is 23.9 Å². The molecular formula is C30H40N2O5. The summed E-state index contributed by atoms with van der Waals surface area (Å²) in [7, 11) is 0. The van der Waals surface area contributed by atoms with Gasteiger partial charge >= 0.3 is 5.97 Å². The normalized spacial score (nSPS) is 13.0. The highest BCUT2D eigenvalue weighted by atomic mass is 16.7. The number of hydroxylamine groups is 1. The first kappa shape index (κ1) is 31.2. The molecular weight excluding hydrogens is 468 g/mol. The number of rotatable bonds is 0. The number of ether oxygens (including phenoxy) is 2. The maximum absolute atomic E-state index is 11.2. The van der Waals surface area contributed by atoms with Crippen LogP contribution < -0.4 is 25.1 Å². The van der Waals surface area contributed by atoms with Crippen LogP contribution >= 0.6 is 0 Å². The van der Waals surface area contributed by atoms with E-state index in [0.29, 0.717) is 11.5 Å². The van der Waals surface area contributed by atoms with E-state index in [9.17, 15) is 9.59 Å². The summed E-state index contributed by atoms with van der Waals surface area (Å²) in [6.07, 6.45) is 0.960. The molecule has 3 aliphatic rings. The smallest absolute Gasteiger partial charge is 0.349 e. The molecule has 0 saturated carbocycles. The number of carbonyl (C=O) groups is 2. The van der Waals surface area contributed by atoms with Crippen LogP contribution in [-0.4, -0.2) is 25.0 Å². The number of carbonyl (C=O) groups excluding carboxylic acids is 2. The van der Waals surface area contributed by atoms with E-state index in [1.807, 2.05) is 90.1 Å². The Morgan fingerprint density at radius 2 is 1.24 bits per heavy atom. The van der Waals surface area contributed by atoms with Gasteiger partial charge in [-0.3, -0.25) is 4.79 Å². The fourth-order valence-electron chi connectivity index (χ4n) is 3.25. The minimum Gasteiger partial charge on any atom is -0.478 e. The highest BCUT2D eigenvalue weighted by Crippen LogP contribution is 2.28. The average Bonchev–Trinajstić information content (AvgIpc) is 3.46. The molecule has 2 N–H and O–H groups in total. The monoisotopic (exact) mass is 508 g/mol. The summed E-state index contributed by atoms with van der Waals surface area (Å²) >= 11 is 0. The zero-order valence-electron chi connectivity index (χ0n) is 22.8. The minimum absolute atomic E-state index is 0.0109. The first-order valence-corrected chi connectivity index (χ1v) is 13.0. The van der Waals surface area contributed by atoms with Crippen LogP contribution in [0.2, 0.25) is 0 Å². The van der Waals surface area contributed by atoms with Crippen LogP contribution in [0.1, 0.15) is 63.0 Å². The quantitative estimate of drug-likeness (QED) is 0.281. The summed E-state index contributed by atoms with van der Waals surface area (Å²) in [5.74, 6) is 1.81. The van der Waals surface area contributed by atoms with E-state index >= 15 is 0 Å². The fraction of sp³-hybridized carbons (Fsp3) is 0.333. The molecule has 6 rings (SSSR count). The molecule has 0 fully saturated rings. The van der Waals surface area contributed by atoms with E-state index in [4.69, 9.17) is 14.3 Å². The highest BCUT2D eigenvalue weighted by molar-refractivity contribution is 5.96. The molecule has 0 aliphatic carbocycles. The zero-order chi connectivity index (χ0) is 27.5. The number of fused-ring (bicyclic) bond motifs is 3. The van der Waals surface area contributed by atoms with Crippen molar-refractivity contribution in [2.45, 2.75) is 54.5 Å². The number of benzene rings is 3. The van der Waals surface area contributed by atoms with Crippen molar-refractivity contribution in [2.24, 2.45) is 0 Å². The SMILES string of the molecule is CC.CC.CC.O=C1COc2ccccc2O1.O=C1NCCc2ccccc21.c1ccc2c(c1)CNO2. The van der Waals surface area contributed by atoms with Gasteiger partial charge in [0, 0.05) is 17.7 Å². The van der Waals surface area contributed by atoms with E-state index in [2.05, 4.69) is 16.9 Å². The lowest BCUT2D eigenvalue weighted by atomic mass is 10.0. The number of amides is 1. The topological polar surface area (TPSA) is 85.9 Å². The molecule has 7 nitrogen and oxygen atoms in total. The Morgan fingerprint density at radius 1 is 0.676 bits per heavy atom. The molecule has 0 bridgehead atoms. The van der Waals surface area contributed by atoms with Crippen molar-refractivity contribution >= 4 is 11.9 Å². The van der Waals surface area contributed by atoms with Gasteiger partial charge in [-0.2, -0.15) is 5.48 Å². The molecule has 0 saturated heterocycles. The zero-order valence-corrected chi connectivity index (χ0v) is 22.8. The predicted octanol–water partition coefficient (Wildman–Crippen LogP) is 6.12. The van der Waals surface area contributed by atoms with Crippen LogP contribution in [0.25, 0.3) is 0 Å². The molecule has 0 radical (unpaired) electrons. The molecule has 200 valence electrons. The molecule has 3 aliphatic heterocycles. The summed E-state index contributed by atoms with van der Waals surface area (Å²) in [4.78, 5) is 26.9. The lowest BCUT2D eigenvalue weighted by Crippen LogP contribution is -2.31. The van der Waals surface area contributed by atoms with Crippen LogP contribution in [0.5, 0.6) is 17.2 Å². The second-order valence-electron chi connectivity index (χ2n) is 6.90. The standard InChI is InChI=1S/C9H9NO.C8H6O3.C7H7NO.3C2H6/c11-9-8-4-2-1-3-7(8)5-6-10-9;9-8-5-10-6-3-1-2-4-7(6)11-8;1-2-4-7-6(3-1)5-8-9-7;3*1-2/h1-4H,5-6H2,(H,10,11);1-4H,5H2;1-4,8H,5H2;3*1-2H3. The van der Waals surface area contributed by atoms with E-state index in [1.54, 1.807) is 18.2 Å². The third-order valence-electron chi connectivity index (χ3n) is 4.78. The van der Waals surface area contributed by atoms with Crippen molar-refractivity contribution in [3.05, 3.63) is 89.5 Å². The Balaban J connectivity index is 0.000000253. The van der Waals surface area contributed by atoms with Crippen LogP contribution in [0, 0.1) is 0 Å². The van der Waals surface area contributed by atoms with Crippen molar-refractivity contribution in [3.63, 3.8) is 0 Å². The summed E-state index contributed by atoms with van der Waals surface area (Å²) < 4.78 is 9.93. The van der Waals surface area contributed by atoms with E-state index in [-0.39, 0.29) is 18.5 Å². The predicted molar refractivity (Wildman–Crippen MR) is 148 cm³/mol.